The van der Waals surface area contributed by atoms with E-state index in [4.69, 9.17) is 0 Å². The van der Waals surface area contributed by atoms with Crippen molar-refractivity contribution in [3.8, 4) is 0 Å². The van der Waals surface area contributed by atoms with Crippen molar-refractivity contribution < 1.29 is 4.74 Å². The largest absolute Gasteiger partial charge is 0.388 e. The van der Waals surface area contributed by atoms with E-state index in [1.54, 1.807) is 14.2 Å². The molecule has 0 radical (unpaired) electrons. The Kier molecular flexibility index (Phi) is 14.7. The van der Waals surface area contributed by atoms with E-state index in [0.29, 0.717) is 0 Å². The third kappa shape index (κ3) is 10.8. The molecule has 0 aliphatic carbocycles. The molecule has 0 saturated carbocycles. The van der Waals surface area contributed by atoms with E-state index < -0.39 is 0 Å². The zero-order valence-corrected chi connectivity index (χ0v) is 8.61. The van der Waals surface area contributed by atoms with Gasteiger partial charge in [-0.2, -0.15) is 0 Å². The average molecular weight is 252 g/mol. The van der Waals surface area contributed by atoms with Gasteiger partial charge >= 0.3 is 0 Å². The highest BCUT2D eigenvalue weighted by Gasteiger charge is 1.57. The summed E-state index contributed by atoms with van der Waals surface area (Å²) in [6.07, 6.45) is 0. The summed E-state index contributed by atoms with van der Waals surface area (Å²) in [6, 6.07) is 12.0. The molecule has 58 valence electrons. The molecule has 1 aromatic rings. The fourth-order valence-electron chi connectivity index (χ4n) is 0.385. The highest BCUT2D eigenvalue weighted by atomic mass is 127. The van der Waals surface area contributed by atoms with Gasteiger partial charge < -0.3 is 4.74 Å². The van der Waals surface area contributed by atoms with Gasteiger partial charge in [0.2, 0.25) is 0 Å². The second-order valence-electron chi connectivity index (χ2n) is 1.56. The molecule has 0 heterocycles. The maximum atomic E-state index is 4.25. The topological polar surface area (TPSA) is 9.23 Å². The standard InChI is InChI=1S/C6H6.C2H6O.HI/c1-2-4-6-5-3-1;1-3-2;/h1-6H;1-2H3;1H. The Balaban J connectivity index is 0. The van der Waals surface area contributed by atoms with E-state index in [1.165, 1.54) is 0 Å². The minimum atomic E-state index is 0. The number of hydrogen-bond donors (Lipinski definition) is 0. The van der Waals surface area contributed by atoms with Crippen LogP contribution in [-0.4, -0.2) is 14.2 Å². The highest BCUT2D eigenvalue weighted by molar-refractivity contribution is 14.0. The van der Waals surface area contributed by atoms with Crippen molar-refractivity contribution in [2.45, 2.75) is 0 Å². The Morgan fingerprint density at radius 3 is 0.900 bits per heavy atom. The van der Waals surface area contributed by atoms with Gasteiger partial charge in [0.25, 0.3) is 0 Å². The van der Waals surface area contributed by atoms with Gasteiger partial charge in [-0.25, -0.2) is 0 Å². The molecular weight excluding hydrogens is 239 g/mol. The van der Waals surface area contributed by atoms with Crippen LogP contribution in [0.1, 0.15) is 0 Å². The smallest absolute Gasteiger partial charge is 0.0351 e. The lowest BCUT2D eigenvalue weighted by atomic mass is 10.4. The van der Waals surface area contributed by atoms with Crippen LogP contribution < -0.4 is 0 Å². The Labute approximate surface area is 79.4 Å². The van der Waals surface area contributed by atoms with Crippen LogP contribution in [0.3, 0.4) is 0 Å². The van der Waals surface area contributed by atoms with Crippen LogP contribution >= 0.6 is 24.0 Å². The van der Waals surface area contributed by atoms with Crippen LogP contribution in [0.15, 0.2) is 36.4 Å². The van der Waals surface area contributed by atoms with Crippen molar-refractivity contribution >= 4 is 24.0 Å². The molecule has 10 heavy (non-hydrogen) atoms. The number of halogens is 1. The molecular formula is C8H13IO. The number of rotatable bonds is 0. The summed E-state index contributed by atoms with van der Waals surface area (Å²) in [5.74, 6) is 0. The van der Waals surface area contributed by atoms with Crippen LogP contribution in [0.2, 0.25) is 0 Å². The fraction of sp³-hybridized carbons (Fsp3) is 0.250. The van der Waals surface area contributed by atoms with Crippen molar-refractivity contribution in [1.29, 1.82) is 0 Å². The Morgan fingerprint density at radius 2 is 0.800 bits per heavy atom. The molecule has 0 aliphatic rings. The molecule has 0 atom stereocenters. The number of ether oxygens (including phenoxy) is 1. The zero-order valence-electron chi connectivity index (χ0n) is 6.28. The van der Waals surface area contributed by atoms with Crippen LogP contribution in [0.25, 0.3) is 0 Å². The first-order chi connectivity index (χ1) is 4.41. The fourth-order valence-corrected chi connectivity index (χ4v) is 0.385. The van der Waals surface area contributed by atoms with E-state index in [9.17, 15) is 0 Å². The van der Waals surface area contributed by atoms with E-state index in [0.717, 1.165) is 0 Å². The summed E-state index contributed by atoms with van der Waals surface area (Å²) in [7, 11) is 3.25. The van der Waals surface area contributed by atoms with E-state index in [1.807, 2.05) is 36.4 Å². The molecule has 1 aromatic carbocycles. The number of hydrogen-bond acceptors (Lipinski definition) is 1. The molecule has 0 amide bonds. The van der Waals surface area contributed by atoms with Gasteiger partial charge in [-0.1, -0.05) is 36.4 Å². The summed E-state index contributed by atoms with van der Waals surface area (Å²) in [5, 5.41) is 0. The summed E-state index contributed by atoms with van der Waals surface area (Å²) in [4.78, 5) is 0. The monoisotopic (exact) mass is 252 g/mol. The van der Waals surface area contributed by atoms with Crippen molar-refractivity contribution in [1.82, 2.24) is 0 Å². The minimum absolute atomic E-state index is 0. The summed E-state index contributed by atoms with van der Waals surface area (Å²) < 4.78 is 4.25. The second-order valence-corrected chi connectivity index (χ2v) is 1.56. The van der Waals surface area contributed by atoms with E-state index in [-0.39, 0.29) is 24.0 Å². The van der Waals surface area contributed by atoms with Crippen molar-refractivity contribution in [3.05, 3.63) is 36.4 Å². The average Bonchev–Trinajstić information content (AvgIpc) is 1.93. The Hall–Kier alpha value is -0.0900. The maximum absolute atomic E-state index is 4.25. The Morgan fingerprint density at radius 1 is 0.700 bits per heavy atom. The van der Waals surface area contributed by atoms with Gasteiger partial charge in [-0.3, -0.25) is 0 Å². The zero-order chi connectivity index (χ0) is 6.95. The van der Waals surface area contributed by atoms with Gasteiger partial charge in [0.05, 0.1) is 0 Å². The summed E-state index contributed by atoms with van der Waals surface area (Å²) in [5.41, 5.74) is 0. The normalized spacial score (nSPS) is 6.60. The third-order valence-corrected chi connectivity index (χ3v) is 0.667. The number of methoxy groups -OCH3 is 1. The lowest BCUT2D eigenvalue weighted by molar-refractivity contribution is 0.277. The predicted octanol–water partition coefficient (Wildman–Crippen LogP) is 2.57. The molecule has 0 bridgehead atoms. The van der Waals surface area contributed by atoms with Crippen LogP contribution in [0.5, 0.6) is 0 Å². The quantitative estimate of drug-likeness (QED) is 0.645. The molecule has 0 spiro atoms. The maximum Gasteiger partial charge on any atom is 0.0351 e. The first kappa shape index (κ1) is 12.6. The Bertz CT molecular complexity index is 92.1. The molecule has 2 heteroatoms. The highest BCUT2D eigenvalue weighted by Crippen LogP contribution is 1.79. The first-order valence-corrected chi connectivity index (χ1v) is 2.82. The second kappa shape index (κ2) is 11.7. The van der Waals surface area contributed by atoms with Crippen LogP contribution in [-0.2, 0) is 4.74 Å². The predicted molar refractivity (Wildman–Crippen MR) is 54.8 cm³/mol. The molecule has 1 rings (SSSR count). The van der Waals surface area contributed by atoms with Crippen LogP contribution in [0.4, 0.5) is 0 Å². The van der Waals surface area contributed by atoms with Gasteiger partial charge in [0, 0.05) is 14.2 Å². The lowest BCUT2D eigenvalue weighted by Crippen LogP contribution is -1.55. The lowest BCUT2D eigenvalue weighted by Gasteiger charge is -1.69. The summed E-state index contributed by atoms with van der Waals surface area (Å²) in [6.45, 7) is 0. The van der Waals surface area contributed by atoms with Crippen molar-refractivity contribution in [2.75, 3.05) is 14.2 Å². The molecule has 0 aromatic heterocycles. The van der Waals surface area contributed by atoms with Crippen molar-refractivity contribution in [2.24, 2.45) is 0 Å². The van der Waals surface area contributed by atoms with Gasteiger partial charge in [0.15, 0.2) is 0 Å². The summed E-state index contributed by atoms with van der Waals surface area (Å²) >= 11 is 0. The SMILES string of the molecule is COC.I.c1ccccc1. The van der Waals surface area contributed by atoms with Gasteiger partial charge in [-0.05, 0) is 0 Å². The van der Waals surface area contributed by atoms with E-state index >= 15 is 0 Å². The third-order valence-electron chi connectivity index (χ3n) is 0.667. The van der Waals surface area contributed by atoms with Crippen molar-refractivity contribution in [3.63, 3.8) is 0 Å². The molecule has 0 fully saturated rings. The number of benzene rings is 1. The van der Waals surface area contributed by atoms with Gasteiger partial charge in [0.1, 0.15) is 0 Å². The molecule has 0 aliphatic heterocycles. The first-order valence-electron chi connectivity index (χ1n) is 2.82. The van der Waals surface area contributed by atoms with Crippen LogP contribution in [0, 0.1) is 0 Å². The molecule has 0 unspecified atom stereocenters. The van der Waals surface area contributed by atoms with Gasteiger partial charge in [-0.15, -0.1) is 24.0 Å². The molecule has 0 saturated heterocycles. The molecule has 0 N–H and O–H groups in total. The minimum Gasteiger partial charge on any atom is -0.388 e. The van der Waals surface area contributed by atoms with E-state index in [2.05, 4.69) is 4.74 Å². The molecule has 1 nitrogen and oxygen atoms in total.